The van der Waals surface area contributed by atoms with Crippen molar-refractivity contribution in [2.45, 2.75) is 12.3 Å². The lowest BCUT2D eigenvalue weighted by Gasteiger charge is -2.16. The quantitative estimate of drug-likeness (QED) is 0.815. The molecule has 2 N–H and O–H groups in total. The minimum absolute atomic E-state index is 0.325. The zero-order valence-electron chi connectivity index (χ0n) is 8.63. The maximum atomic E-state index is 12.6. The number of carbonyl (C=O) groups is 1. The number of halogens is 5. The highest BCUT2D eigenvalue weighted by Crippen LogP contribution is 2.24. The van der Waals surface area contributed by atoms with Gasteiger partial charge >= 0.3 is 18.3 Å². The van der Waals surface area contributed by atoms with Crippen LogP contribution in [0.3, 0.4) is 0 Å². The van der Waals surface area contributed by atoms with Crippen LogP contribution in [-0.4, -0.2) is 35.0 Å². The van der Waals surface area contributed by atoms with E-state index in [0.29, 0.717) is 4.47 Å². The van der Waals surface area contributed by atoms with E-state index in [0.717, 1.165) is 12.3 Å². The Morgan fingerprint density at radius 1 is 1.56 bits per heavy atom. The van der Waals surface area contributed by atoms with E-state index >= 15 is 0 Å². The van der Waals surface area contributed by atoms with Gasteiger partial charge in [0.25, 0.3) is 0 Å². The van der Waals surface area contributed by atoms with Gasteiger partial charge in [-0.1, -0.05) is 0 Å². The first-order valence-electron chi connectivity index (χ1n) is 4.52. The van der Waals surface area contributed by atoms with E-state index in [9.17, 15) is 22.4 Å². The number of carboxylic acid groups (broad SMARTS) is 1. The number of anilines is 1. The molecule has 0 saturated heterocycles. The van der Waals surface area contributed by atoms with Gasteiger partial charge in [0.1, 0.15) is 11.4 Å². The summed E-state index contributed by atoms with van der Waals surface area (Å²) in [7, 11) is 0. The normalized spacial score (nSPS) is 11.7. The van der Waals surface area contributed by atoms with Crippen molar-refractivity contribution in [3.05, 3.63) is 22.3 Å². The molecule has 0 fully saturated rings. The maximum absolute atomic E-state index is 12.6. The van der Waals surface area contributed by atoms with Gasteiger partial charge in [0.05, 0.1) is 6.54 Å². The zero-order valence-corrected chi connectivity index (χ0v) is 10.2. The van der Waals surface area contributed by atoms with Crippen LogP contribution >= 0.6 is 15.9 Å². The summed E-state index contributed by atoms with van der Waals surface area (Å²) >= 11 is 2.96. The Labute approximate surface area is 107 Å². The molecule has 18 heavy (non-hydrogen) atoms. The molecular weight excluding hydrogens is 324 g/mol. The molecule has 0 aromatic carbocycles. The van der Waals surface area contributed by atoms with Gasteiger partial charge < -0.3 is 10.4 Å². The second-order valence-corrected chi connectivity index (χ2v) is 4.19. The number of hydrogen-bond acceptors (Lipinski definition) is 3. The predicted octanol–water partition coefficient (Wildman–Crippen LogP) is 2.85. The lowest BCUT2D eigenvalue weighted by Crippen LogP contribution is -2.35. The second kappa shape index (κ2) is 5.51. The number of alkyl halides is 4. The molecule has 1 heterocycles. The van der Waals surface area contributed by atoms with Gasteiger partial charge in [-0.05, 0) is 22.0 Å². The fraction of sp³-hybridized carbons (Fsp3) is 0.333. The van der Waals surface area contributed by atoms with Crippen LogP contribution in [0.4, 0.5) is 23.4 Å². The number of carboxylic acids is 1. The van der Waals surface area contributed by atoms with E-state index in [1.165, 1.54) is 0 Å². The summed E-state index contributed by atoms with van der Waals surface area (Å²) in [5.41, 5.74) is -0.394. The lowest BCUT2D eigenvalue weighted by atomic mass is 10.2. The van der Waals surface area contributed by atoms with Crippen LogP contribution in [0.5, 0.6) is 0 Å². The smallest absolute Gasteiger partial charge is 0.339 e. The number of rotatable bonds is 5. The molecule has 0 aliphatic rings. The average molecular weight is 331 g/mol. The van der Waals surface area contributed by atoms with Crippen molar-refractivity contribution in [1.29, 1.82) is 0 Å². The minimum atomic E-state index is -4.26. The van der Waals surface area contributed by atoms with Gasteiger partial charge in [-0.25, -0.2) is 18.6 Å². The van der Waals surface area contributed by atoms with Crippen LogP contribution in [-0.2, 0) is 0 Å². The van der Waals surface area contributed by atoms with E-state index in [2.05, 4.69) is 20.9 Å². The number of nitrogens with zero attached hydrogens (tertiary/aromatic N) is 1. The molecule has 0 spiro atoms. The highest BCUT2D eigenvalue weighted by atomic mass is 79.9. The van der Waals surface area contributed by atoms with Crippen molar-refractivity contribution < 1.29 is 27.5 Å². The van der Waals surface area contributed by atoms with Gasteiger partial charge in [0, 0.05) is 10.7 Å². The summed E-state index contributed by atoms with van der Waals surface area (Å²) in [6.45, 7) is -1.40. The fourth-order valence-corrected chi connectivity index (χ4v) is 1.35. The van der Waals surface area contributed by atoms with Crippen LogP contribution in [0, 0.1) is 0 Å². The standard InChI is InChI=1S/C9H7BrF4N2O2/c10-4-1-5(7(17)18)6(15-2-4)16-3-9(13,14)8(11)12/h1-2,8H,3H2,(H,15,16)(H,17,18). The highest BCUT2D eigenvalue weighted by Gasteiger charge is 2.40. The van der Waals surface area contributed by atoms with Crippen LogP contribution in [0.2, 0.25) is 0 Å². The van der Waals surface area contributed by atoms with Gasteiger partial charge in [-0.3, -0.25) is 0 Å². The maximum Gasteiger partial charge on any atom is 0.339 e. The first kappa shape index (κ1) is 14.7. The van der Waals surface area contributed by atoms with Crippen molar-refractivity contribution in [3.8, 4) is 0 Å². The number of aromatic carboxylic acids is 1. The third kappa shape index (κ3) is 3.56. The third-order valence-corrected chi connectivity index (χ3v) is 2.33. The van der Waals surface area contributed by atoms with E-state index in [-0.39, 0.29) is 0 Å². The molecule has 1 rings (SSSR count). The highest BCUT2D eigenvalue weighted by molar-refractivity contribution is 9.10. The van der Waals surface area contributed by atoms with E-state index < -0.39 is 36.2 Å². The molecule has 0 bridgehead atoms. The molecule has 0 aliphatic heterocycles. The van der Waals surface area contributed by atoms with Crippen molar-refractivity contribution in [3.63, 3.8) is 0 Å². The Bertz CT molecular complexity index is 456. The van der Waals surface area contributed by atoms with Gasteiger partial charge in [0.2, 0.25) is 0 Å². The SMILES string of the molecule is O=C(O)c1cc(Br)cnc1NCC(F)(F)C(F)F. The third-order valence-electron chi connectivity index (χ3n) is 1.90. The second-order valence-electron chi connectivity index (χ2n) is 3.27. The van der Waals surface area contributed by atoms with Crippen molar-refractivity contribution in [1.82, 2.24) is 4.98 Å². The molecule has 9 heteroatoms. The zero-order chi connectivity index (χ0) is 13.9. The van der Waals surface area contributed by atoms with E-state index in [4.69, 9.17) is 5.11 Å². The topological polar surface area (TPSA) is 62.2 Å². The van der Waals surface area contributed by atoms with Crippen molar-refractivity contribution >= 4 is 27.7 Å². The molecule has 0 radical (unpaired) electrons. The van der Waals surface area contributed by atoms with Crippen LogP contribution in [0.25, 0.3) is 0 Å². The van der Waals surface area contributed by atoms with E-state index in [1.54, 1.807) is 0 Å². The molecule has 0 unspecified atom stereocenters. The number of aromatic nitrogens is 1. The number of pyridine rings is 1. The van der Waals surface area contributed by atoms with Crippen LogP contribution in [0.15, 0.2) is 16.7 Å². The molecule has 0 aliphatic carbocycles. The Balaban J connectivity index is 2.89. The van der Waals surface area contributed by atoms with Gasteiger partial charge in [-0.15, -0.1) is 0 Å². The monoisotopic (exact) mass is 330 g/mol. The molecule has 4 nitrogen and oxygen atoms in total. The minimum Gasteiger partial charge on any atom is -0.478 e. The summed E-state index contributed by atoms with van der Waals surface area (Å²) in [6, 6.07) is 1.12. The number of nitrogens with one attached hydrogen (secondary N) is 1. The predicted molar refractivity (Wildman–Crippen MR) is 58.3 cm³/mol. The molecule has 100 valence electrons. The Morgan fingerprint density at radius 3 is 2.67 bits per heavy atom. The molecule has 0 atom stereocenters. The molecular formula is C9H7BrF4N2O2. The summed E-state index contributed by atoms with van der Waals surface area (Å²) in [4.78, 5) is 14.3. The van der Waals surface area contributed by atoms with E-state index in [1.807, 2.05) is 5.32 Å². The Kier molecular flexibility index (Phi) is 4.49. The largest absolute Gasteiger partial charge is 0.478 e. The number of hydrogen-bond donors (Lipinski definition) is 2. The average Bonchev–Trinajstić information content (AvgIpc) is 2.27. The van der Waals surface area contributed by atoms with Gasteiger partial charge in [0.15, 0.2) is 0 Å². The fourth-order valence-electron chi connectivity index (χ4n) is 1.02. The van der Waals surface area contributed by atoms with Gasteiger partial charge in [-0.2, -0.15) is 8.78 Å². The van der Waals surface area contributed by atoms with Crippen molar-refractivity contribution in [2.24, 2.45) is 0 Å². The molecule has 0 saturated carbocycles. The lowest BCUT2D eigenvalue weighted by molar-refractivity contribution is -0.117. The molecule has 0 amide bonds. The molecule has 1 aromatic heterocycles. The Morgan fingerprint density at radius 2 is 2.17 bits per heavy atom. The first-order chi connectivity index (χ1) is 8.24. The summed E-state index contributed by atoms with van der Waals surface area (Å²) in [5, 5.41) is 10.7. The first-order valence-corrected chi connectivity index (χ1v) is 5.32. The van der Waals surface area contributed by atoms with Crippen LogP contribution in [0.1, 0.15) is 10.4 Å². The van der Waals surface area contributed by atoms with Crippen molar-refractivity contribution in [2.75, 3.05) is 11.9 Å². The summed E-state index contributed by atoms with van der Waals surface area (Å²) in [6.07, 6.45) is -2.68. The summed E-state index contributed by atoms with van der Waals surface area (Å²) < 4.78 is 49.4. The summed E-state index contributed by atoms with van der Waals surface area (Å²) in [5.74, 6) is -6.07. The molecule has 1 aromatic rings. The Hall–Kier alpha value is -1.38. The van der Waals surface area contributed by atoms with Crippen LogP contribution < -0.4 is 5.32 Å².